The van der Waals surface area contributed by atoms with Gasteiger partial charge < -0.3 is 19.8 Å². The van der Waals surface area contributed by atoms with E-state index in [1.165, 1.54) is 16.8 Å². The number of H-pyrrole nitrogens is 1. The summed E-state index contributed by atoms with van der Waals surface area (Å²) in [5.74, 6) is 1.65. The molecular weight excluding hydrogens is 314 g/mol. The van der Waals surface area contributed by atoms with Gasteiger partial charge in [-0.1, -0.05) is 30.3 Å². The van der Waals surface area contributed by atoms with Gasteiger partial charge in [0, 0.05) is 18.7 Å². The third kappa shape index (κ3) is 2.57. The Bertz CT molecular complexity index is 902. The van der Waals surface area contributed by atoms with Crippen LogP contribution in [0.25, 0.3) is 11.1 Å². The van der Waals surface area contributed by atoms with Gasteiger partial charge >= 0.3 is 0 Å². The predicted molar refractivity (Wildman–Crippen MR) is 95.0 cm³/mol. The summed E-state index contributed by atoms with van der Waals surface area (Å²) >= 11 is 0. The fraction of sp³-hybridized carbons (Fsp3) is 0.250. The molecule has 2 aliphatic heterocycles. The summed E-state index contributed by atoms with van der Waals surface area (Å²) in [7, 11) is 0. The van der Waals surface area contributed by atoms with Gasteiger partial charge in [0.25, 0.3) is 0 Å². The van der Waals surface area contributed by atoms with Crippen LogP contribution in [0.1, 0.15) is 23.0 Å². The van der Waals surface area contributed by atoms with E-state index < -0.39 is 0 Å². The molecule has 25 heavy (non-hydrogen) atoms. The van der Waals surface area contributed by atoms with Gasteiger partial charge in [-0.05, 0) is 28.8 Å². The average Bonchev–Trinajstić information content (AvgIpc) is 3.17. The SMILES string of the molecule is c1nc2c([nH]1)CCNC2c1ccc(-c2ccc3c(c2)OCCO3)cc1. The van der Waals surface area contributed by atoms with E-state index in [2.05, 4.69) is 45.6 Å². The Labute approximate surface area is 146 Å². The van der Waals surface area contributed by atoms with Gasteiger partial charge in [0.15, 0.2) is 11.5 Å². The number of hydrogen-bond donors (Lipinski definition) is 2. The lowest BCUT2D eigenvalue weighted by atomic mass is 9.95. The van der Waals surface area contributed by atoms with Crippen LogP contribution < -0.4 is 14.8 Å². The number of benzene rings is 2. The molecule has 0 radical (unpaired) electrons. The van der Waals surface area contributed by atoms with E-state index in [9.17, 15) is 0 Å². The van der Waals surface area contributed by atoms with Crippen molar-refractivity contribution in [3.63, 3.8) is 0 Å². The standard InChI is InChI=1S/C20H19N3O2/c1-3-14(19-20-16(7-8-21-19)22-12-23-20)4-2-13(1)15-5-6-17-18(11-15)25-10-9-24-17/h1-6,11-12,19,21H,7-10H2,(H,22,23). The van der Waals surface area contributed by atoms with Crippen LogP contribution in [0, 0.1) is 0 Å². The number of fused-ring (bicyclic) bond motifs is 2. The van der Waals surface area contributed by atoms with Crippen molar-refractivity contribution in [2.45, 2.75) is 12.5 Å². The minimum Gasteiger partial charge on any atom is -0.486 e. The Hall–Kier alpha value is -2.79. The van der Waals surface area contributed by atoms with Gasteiger partial charge in [-0.2, -0.15) is 0 Å². The van der Waals surface area contributed by atoms with Gasteiger partial charge in [0.1, 0.15) is 13.2 Å². The number of ether oxygens (including phenoxy) is 2. The molecule has 3 aromatic rings. The van der Waals surface area contributed by atoms with E-state index in [-0.39, 0.29) is 6.04 Å². The molecule has 3 heterocycles. The molecule has 0 saturated heterocycles. The maximum Gasteiger partial charge on any atom is 0.161 e. The van der Waals surface area contributed by atoms with Gasteiger partial charge in [-0.25, -0.2) is 4.98 Å². The molecule has 1 unspecified atom stereocenters. The largest absolute Gasteiger partial charge is 0.486 e. The number of imidazole rings is 1. The smallest absolute Gasteiger partial charge is 0.161 e. The Morgan fingerprint density at radius 2 is 1.72 bits per heavy atom. The van der Waals surface area contributed by atoms with Crippen LogP contribution in [0.5, 0.6) is 11.5 Å². The summed E-state index contributed by atoms with van der Waals surface area (Å²) in [6.45, 7) is 2.18. The highest BCUT2D eigenvalue weighted by Crippen LogP contribution is 2.35. The summed E-state index contributed by atoms with van der Waals surface area (Å²) < 4.78 is 11.3. The lowest BCUT2D eigenvalue weighted by molar-refractivity contribution is 0.171. The van der Waals surface area contributed by atoms with Crippen molar-refractivity contribution in [3.05, 3.63) is 65.7 Å². The van der Waals surface area contributed by atoms with Crippen LogP contribution in [0.3, 0.4) is 0 Å². The van der Waals surface area contributed by atoms with Gasteiger partial charge in [-0.3, -0.25) is 0 Å². The van der Waals surface area contributed by atoms with E-state index in [0.29, 0.717) is 13.2 Å². The van der Waals surface area contributed by atoms with E-state index in [0.717, 1.165) is 35.7 Å². The quantitative estimate of drug-likeness (QED) is 0.757. The summed E-state index contributed by atoms with van der Waals surface area (Å²) in [5, 5.41) is 3.56. The normalized spacial score (nSPS) is 18.6. The molecule has 2 aliphatic rings. The number of nitrogens with one attached hydrogen (secondary N) is 2. The number of rotatable bonds is 2. The van der Waals surface area contributed by atoms with Crippen LogP contribution >= 0.6 is 0 Å². The van der Waals surface area contributed by atoms with E-state index in [1.54, 1.807) is 6.33 Å². The van der Waals surface area contributed by atoms with E-state index in [1.807, 2.05) is 12.1 Å². The van der Waals surface area contributed by atoms with E-state index in [4.69, 9.17) is 9.47 Å². The van der Waals surface area contributed by atoms with Crippen LogP contribution in [0.15, 0.2) is 48.8 Å². The summed E-state index contributed by atoms with van der Waals surface area (Å²) in [6.07, 6.45) is 2.79. The number of aromatic nitrogens is 2. The third-order valence-corrected chi connectivity index (χ3v) is 4.87. The Kier molecular flexibility index (Phi) is 3.45. The lowest BCUT2D eigenvalue weighted by Crippen LogP contribution is -2.30. The van der Waals surface area contributed by atoms with Crippen molar-refractivity contribution in [1.82, 2.24) is 15.3 Å². The second kappa shape index (κ2) is 5.93. The minimum absolute atomic E-state index is 0.157. The highest BCUT2D eigenvalue weighted by molar-refractivity contribution is 5.67. The first-order valence-electron chi connectivity index (χ1n) is 8.64. The third-order valence-electron chi connectivity index (χ3n) is 4.87. The van der Waals surface area contributed by atoms with E-state index >= 15 is 0 Å². The molecule has 0 spiro atoms. The molecule has 0 aliphatic carbocycles. The van der Waals surface area contributed by atoms with Crippen molar-refractivity contribution in [3.8, 4) is 22.6 Å². The molecule has 2 aromatic carbocycles. The average molecular weight is 333 g/mol. The number of hydrogen-bond acceptors (Lipinski definition) is 4. The Balaban J connectivity index is 1.45. The van der Waals surface area contributed by atoms with Crippen LogP contribution in [0.2, 0.25) is 0 Å². The zero-order valence-corrected chi connectivity index (χ0v) is 13.8. The first-order chi connectivity index (χ1) is 12.4. The summed E-state index contributed by atoms with van der Waals surface area (Å²) in [5.41, 5.74) is 5.87. The lowest BCUT2D eigenvalue weighted by Gasteiger charge is -2.23. The molecule has 5 heteroatoms. The van der Waals surface area contributed by atoms with Crippen molar-refractivity contribution in [1.29, 1.82) is 0 Å². The highest BCUT2D eigenvalue weighted by atomic mass is 16.6. The van der Waals surface area contributed by atoms with Crippen molar-refractivity contribution in [2.75, 3.05) is 19.8 Å². The second-order valence-corrected chi connectivity index (χ2v) is 6.38. The summed E-state index contributed by atoms with van der Waals surface area (Å²) in [4.78, 5) is 7.74. The van der Waals surface area contributed by atoms with Crippen LogP contribution in [-0.4, -0.2) is 29.7 Å². The molecule has 2 N–H and O–H groups in total. The maximum atomic E-state index is 5.69. The molecular formula is C20H19N3O2. The van der Waals surface area contributed by atoms with Crippen LogP contribution in [-0.2, 0) is 6.42 Å². The fourth-order valence-corrected chi connectivity index (χ4v) is 3.59. The molecule has 5 nitrogen and oxygen atoms in total. The predicted octanol–water partition coefficient (Wildman–Crippen LogP) is 3.08. The monoisotopic (exact) mass is 333 g/mol. The Morgan fingerprint density at radius 3 is 2.60 bits per heavy atom. The molecule has 0 saturated carbocycles. The topological polar surface area (TPSA) is 59.2 Å². The van der Waals surface area contributed by atoms with Crippen molar-refractivity contribution >= 4 is 0 Å². The van der Waals surface area contributed by atoms with Crippen molar-refractivity contribution < 1.29 is 9.47 Å². The second-order valence-electron chi connectivity index (χ2n) is 6.38. The Morgan fingerprint density at radius 1 is 0.920 bits per heavy atom. The first-order valence-corrected chi connectivity index (χ1v) is 8.64. The fourth-order valence-electron chi connectivity index (χ4n) is 3.59. The first kappa shape index (κ1) is 14.5. The maximum absolute atomic E-state index is 5.69. The number of aromatic amines is 1. The molecule has 1 aromatic heterocycles. The zero-order valence-electron chi connectivity index (χ0n) is 13.8. The molecule has 126 valence electrons. The molecule has 1 atom stereocenters. The minimum atomic E-state index is 0.157. The zero-order chi connectivity index (χ0) is 16.6. The highest BCUT2D eigenvalue weighted by Gasteiger charge is 2.23. The van der Waals surface area contributed by atoms with Gasteiger partial charge in [0.05, 0.1) is 18.1 Å². The molecule has 5 rings (SSSR count). The molecule has 0 amide bonds. The van der Waals surface area contributed by atoms with Gasteiger partial charge in [-0.15, -0.1) is 0 Å². The molecule has 0 bridgehead atoms. The summed E-state index contributed by atoms with van der Waals surface area (Å²) in [6, 6.07) is 14.9. The molecule has 0 fully saturated rings. The van der Waals surface area contributed by atoms with Crippen LogP contribution in [0.4, 0.5) is 0 Å². The van der Waals surface area contributed by atoms with Gasteiger partial charge in [0.2, 0.25) is 0 Å². The number of nitrogens with zero attached hydrogens (tertiary/aromatic N) is 1. The van der Waals surface area contributed by atoms with Crippen molar-refractivity contribution in [2.24, 2.45) is 0 Å².